The number of nitrogens with zero attached hydrogens (tertiary/aromatic N) is 4. The molecular weight excluding hydrogens is 434 g/mol. The zero-order chi connectivity index (χ0) is 23.9. The number of nitrogen functional groups attached to an aromatic ring is 1. The van der Waals surface area contributed by atoms with Gasteiger partial charge in [0, 0.05) is 48.6 Å². The number of likely N-dealkylation sites (tertiary alicyclic amines) is 1. The molecular formula is C29H27N5O. The Kier molecular flexibility index (Phi) is 5.21. The Bertz CT molecular complexity index is 1550. The molecule has 0 spiro atoms. The summed E-state index contributed by atoms with van der Waals surface area (Å²) in [6.45, 7) is 3.16. The third kappa shape index (κ3) is 3.81. The first-order valence-corrected chi connectivity index (χ1v) is 12.1. The minimum absolute atomic E-state index is 0.139. The predicted octanol–water partition coefficient (Wildman–Crippen LogP) is 5.52. The van der Waals surface area contributed by atoms with Gasteiger partial charge in [-0.2, -0.15) is 0 Å². The lowest BCUT2D eigenvalue weighted by Crippen LogP contribution is -2.36. The minimum atomic E-state index is 0.139. The normalized spacial score (nSPS) is 14.6. The molecule has 0 unspecified atom stereocenters. The van der Waals surface area contributed by atoms with E-state index in [4.69, 9.17) is 15.7 Å². The van der Waals surface area contributed by atoms with Crippen LogP contribution in [0, 0.1) is 0 Å². The molecule has 3 aromatic heterocycles. The molecule has 6 rings (SSSR count). The zero-order valence-electron chi connectivity index (χ0n) is 19.7. The molecule has 1 fully saturated rings. The molecule has 0 atom stereocenters. The van der Waals surface area contributed by atoms with E-state index in [0.29, 0.717) is 5.69 Å². The minimum Gasteiger partial charge on any atom is -0.397 e. The van der Waals surface area contributed by atoms with Gasteiger partial charge in [-0.15, -0.1) is 0 Å². The fourth-order valence-corrected chi connectivity index (χ4v) is 5.16. The highest BCUT2D eigenvalue weighted by atomic mass is 16.2. The monoisotopic (exact) mass is 461 g/mol. The second-order valence-corrected chi connectivity index (χ2v) is 9.25. The number of aromatic nitrogens is 3. The average molecular weight is 462 g/mol. The van der Waals surface area contributed by atoms with E-state index in [1.165, 1.54) is 0 Å². The largest absolute Gasteiger partial charge is 0.397 e. The summed E-state index contributed by atoms with van der Waals surface area (Å²) in [6.07, 6.45) is 3.83. The quantitative estimate of drug-likeness (QED) is 0.384. The number of imidazole rings is 1. The second kappa shape index (κ2) is 8.55. The van der Waals surface area contributed by atoms with Gasteiger partial charge in [-0.1, -0.05) is 48.5 Å². The van der Waals surface area contributed by atoms with E-state index in [-0.39, 0.29) is 11.8 Å². The van der Waals surface area contributed by atoms with E-state index in [0.717, 1.165) is 70.7 Å². The molecule has 5 aromatic rings. The van der Waals surface area contributed by atoms with E-state index in [1.54, 1.807) is 6.92 Å². The molecule has 0 aliphatic carbocycles. The maximum absolute atomic E-state index is 11.8. The zero-order valence-corrected chi connectivity index (χ0v) is 19.7. The van der Waals surface area contributed by atoms with Crippen molar-refractivity contribution in [2.45, 2.75) is 25.7 Å². The molecule has 1 saturated heterocycles. The van der Waals surface area contributed by atoms with Gasteiger partial charge in [-0.3, -0.25) is 4.79 Å². The molecule has 6 heteroatoms. The lowest BCUT2D eigenvalue weighted by atomic mass is 9.96. The number of rotatable bonds is 3. The van der Waals surface area contributed by atoms with Gasteiger partial charge in [0.25, 0.3) is 0 Å². The van der Waals surface area contributed by atoms with Crippen LogP contribution in [0.4, 0.5) is 5.69 Å². The molecule has 2 N–H and O–H groups in total. The topological polar surface area (TPSA) is 76.5 Å². The van der Waals surface area contributed by atoms with Crippen molar-refractivity contribution in [1.29, 1.82) is 0 Å². The maximum Gasteiger partial charge on any atom is 0.219 e. The summed E-state index contributed by atoms with van der Waals surface area (Å²) >= 11 is 0. The number of pyridine rings is 2. The Balaban J connectivity index is 1.44. The van der Waals surface area contributed by atoms with Crippen LogP contribution in [-0.4, -0.2) is 38.3 Å². The Labute approximate surface area is 204 Å². The molecule has 1 aliphatic rings. The summed E-state index contributed by atoms with van der Waals surface area (Å²) in [6, 6.07) is 24.6. The van der Waals surface area contributed by atoms with Gasteiger partial charge in [0.05, 0.1) is 28.1 Å². The van der Waals surface area contributed by atoms with Gasteiger partial charge >= 0.3 is 0 Å². The third-order valence-corrected chi connectivity index (χ3v) is 7.06. The number of piperidine rings is 1. The van der Waals surface area contributed by atoms with Gasteiger partial charge in [-0.25, -0.2) is 9.97 Å². The summed E-state index contributed by atoms with van der Waals surface area (Å²) in [5, 5.41) is 1.08. The predicted molar refractivity (Wildman–Crippen MR) is 140 cm³/mol. The molecule has 0 saturated carbocycles. The van der Waals surface area contributed by atoms with Crippen LogP contribution in [0.5, 0.6) is 0 Å². The van der Waals surface area contributed by atoms with Crippen LogP contribution in [0.25, 0.3) is 38.9 Å². The lowest BCUT2D eigenvalue weighted by Gasteiger charge is -2.30. The Morgan fingerprint density at radius 3 is 2.46 bits per heavy atom. The van der Waals surface area contributed by atoms with Crippen molar-refractivity contribution in [2.24, 2.45) is 0 Å². The Morgan fingerprint density at radius 1 is 0.914 bits per heavy atom. The van der Waals surface area contributed by atoms with Gasteiger partial charge in [-0.05, 0) is 37.1 Å². The van der Waals surface area contributed by atoms with Crippen molar-refractivity contribution in [3.8, 4) is 22.5 Å². The molecule has 0 radical (unpaired) electrons. The first-order valence-electron chi connectivity index (χ1n) is 12.1. The molecule has 0 bridgehead atoms. The van der Waals surface area contributed by atoms with Crippen molar-refractivity contribution in [3.63, 3.8) is 0 Å². The summed E-state index contributed by atoms with van der Waals surface area (Å²) in [5.41, 5.74) is 13.0. The fourth-order valence-electron chi connectivity index (χ4n) is 5.16. The summed E-state index contributed by atoms with van der Waals surface area (Å²) in [7, 11) is 0. The average Bonchev–Trinajstić information content (AvgIpc) is 3.30. The number of anilines is 1. The van der Waals surface area contributed by atoms with Crippen molar-refractivity contribution in [1.82, 2.24) is 19.3 Å². The van der Waals surface area contributed by atoms with E-state index in [9.17, 15) is 4.79 Å². The summed E-state index contributed by atoms with van der Waals surface area (Å²) < 4.78 is 2.14. The smallest absolute Gasteiger partial charge is 0.219 e. The highest BCUT2D eigenvalue weighted by molar-refractivity contribution is 5.92. The highest BCUT2D eigenvalue weighted by Gasteiger charge is 2.27. The van der Waals surface area contributed by atoms with E-state index in [1.807, 2.05) is 41.4 Å². The van der Waals surface area contributed by atoms with Gasteiger partial charge < -0.3 is 15.0 Å². The third-order valence-electron chi connectivity index (χ3n) is 7.06. The van der Waals surface area contributed by atoms with Crippen LogP contribution in [0.15, 0.2) is 79.0 Å². The van der Waals surface area contributed by atoms with Crippen LogP contribution < -0.4 is 5.73 Å². The number of fused-ring (bicyclic) bond motifs is 2. The second-order valence-electron chi connectivity index (χ2n) is 9.25. The SMILES string of the molecule is CC(=O)N1CCC(c2nc(-c3ccc4ccc(-c5ccccc5)nc4c3)c3c(N)cccn23)CC1. The highest BCUT2D eigenvalue weighted by Crippen LogP contribution is 2.36. The van der Waals surface area contributed by atoms with Crippen molar-refractivity contribution in [2.75, 3.05) is 18.8 Å². The fraction of sp³-hybridized carbons (Fsp3) is 0.207. The van der Waals surface area contributed by atoms with Crippen molar-refractivity contribution in [3.05, 3.63) is 84.8 Å². The number of carbonyl (C=O) groups is 1. The van der Waals surface area contributed by atoms with E-state index < -0.39 is 0 Å². The Hall–Kier alpha value is -4.19. The van der Waals surface area contributed by atoms with E-state index >= 15 is 0 Å². The molecule has 1 amide bonds. The number of amides is 1. The summed E-state index contributed by atoms with van der Waals surface area (Å²) in [5.74, 6) is 1.42. The Morgan fingerprint density at radius 2 is 1.69 bits per heavy atom. The number of nitrogens with two attached hydrogens (primary N) is 1. The van der Waals surface area contributed by atoms with Gasteiger partial charge in [0.2, 0.25) is 5.91 Å². The van der Waals surface area contributed by atoms with Gasteiger partial charge in [0.1, 0.15) is 5.82 Å². The molecule has 35 heavy (non-hydrogen) atoms. The number of hydrogen-bond donors (Lipinski definition) is 1. The molecule has 6 nitrogen and oxygen atoms in total. The molecule has 1 aliphatic heterocycles. The summed E-state index contributed by atoms with van der Waals surface area (Å²) in [4.78, 5) is 23.8. The molecule has 174 valence electrons. The standard InChI is InChI=1S/C29H27N5O/c1-19(35)33-16-13-22(14-17-33)29-32-27(28-24(30)8-5-15-34(28)29)23-10-9-21-11-12-25(31-26(21)18-23)20-6-3-2-4-7-20/h2-12,15,18,22H,13-14,16-17,30H2,1H3. The van der Waals surface area contributed by atoms with E-state index in [2.05, 4.69) is 46.9 Å². The van der Waals surface area contributed by atoms with Crippen LogP contribution in [0.1, 0.15) is 31.5 Å². The maximum atomic E-state index is 11.8. The molecule has 2 aromatic carbocycles. The van der Waals surface area contributed by atoms with Crippen molar-refractivity contribution >= 4 is 28.0 Å². The molecule has 4 heterocycles. The van der Waals surface area contributed by atoms with Crippen LogP contribution in [0.3, 0.4) is 0 Å². The van der Waals surface area contributed by atoms with Crippen LogP contribution in [-0.2, 0) is 4.79 Å². The van der Waals surface area contributed by atoms with Crippen LogP contribution >= 0.6 is 0 Å². The number of carbonyl (C=O) groups excluding carboxylic acids is 1. The van der Waals surface area contributed by atoms with Crippen molar-refractivity contribution < 1.29 is 4.79 Å². The lowest BCUT2D eigenvalue weighted by molar-refractivity contribution is -0.129. The number of hydrogen-bond acceptors (Lipinski definition) is 4. The first kappa shape index (κ1) is 21.4. The number of benzene rings is 2. The first-order chi connectivity index (χ1) is 17.1. The van der Waals surface area contributed by atoms with Gasteiger partial charge in [0.15, 0.2) is 0 Å². The van der Waals surface area contributed by atoms with Crippen LogP contribution in [0.2, 0.25) is 0 Å².